The van der Waals surface area contributed by atoms with Crippen molar-refractivity contribution in [3.63, 3.8) is 0 Å². The van der Waals surface area contributed by atoms with E-state index in [0.29, 0.717) is 5.92 Å². The molecule has 0 spiro atoms. The van der Waals surface area contributed by atoms with E-state index < -0.39 is 0 Å². The lowest BCUT2D eigenvalue weighted by molar-refractivity contribution is 0.148. The highest BCUT2D eigenvalue weighted by Crippen LogP contribution is 2.24. The average molecular weight is 230 g/mol. The second kappa shape index (κ2) is 4.95. The normalized spacial score (nSPS) is 19.8. The molecule has 0 saturated heterocycles. The van der Waals surface area contributed by atoms with Gasteiger partial charge in [0.2, 0.25) is 0 Å². The second-order valence-electron chi connectivity index (χ2n) is 5.22. The van der Waals surface area contributed by atoms with Gasteiger partial charge in [0.1, 0.15) is 0 Å². The molecule has 0 saturated carbocycles. The molecule has 1 atom stereocenters. The van der Waals surface area contributed by atoms with Gasteiger partial charge in [0.25, 0.3) is 0 Å². The van der Waals surface area contributed by atoms with Gasteiger partial charge in [0.15, 0.2) is 0 Å². The van der Waals surface area contributed by atoms with Crippen LogP contribution in [0.3, 0.4) is 0 Å². The Balaban J connectivity index is 2.12. The first-order valence-corrected chi connectivity index (χ1v) is 6.43. The molecule has 1 aliphatic heterocycles. The maximum atomic E-state index is 5.62. The van der Waals surface area contributed by atoms with Crippen LogP contribution in [0.5, 0.6) is 0 Å². The summed E-state index contributed by atoms with van der Waals surface area (Å²) in [7, 11) is 0. The molecule has 1 unspecified atom stereocenters. The summed E-state index contributed by atoms with van der Waals surface area (Å²) in [5, 5.41) is 0. The second-order valence-corrected chi connectivity index (χ2v) is 5.22. The number of ether oxygens (including phenoxy) is 1. The summed E-state index contributed by atoms with van der Waals surface area (Å²) in [5.74, 6) is 1.72. The fourth-order valence-corrected chi connectivity index (χ4v) is 2.40. The molecule has 1 nitrogen and oxygen atoms in total. The molecule has 1 aliphatic rings. The summed E-state index contributed by atoms with van der Waals surface area (Å²) < 4.78 is 5.62. The summed E-state index contributed by atoms with van der Waals surface area (Å²) >= 11 is 0. The summed E-state index contributed by atoms with van der Waals surface area (Å²) in [6.07, 6.45) is 4.50. The zero-order valence-electron chi connectivity index (χ0n) is 11.3. The Kier molecular flexibility index (Phi) is 3.56. The van der Waals surface area contributed by atoms with Gasteiger partial charge in [-0.15, -0.1) is 0 Å². The van der Waals surface area contributed by atoms with E-state index in [2.05, 4.69) is 39.0 Å². The van der Waals surface area contributed by atoms with Crippen LogP contribution in [0, 0.1) is 26.7 Å². The molecule has 0 N–H and O–H groups in total. The summed E-state index contributed by atoms with van der Waals surface area (Å²) in [4.78, 5) is 0. The number of aryl methyl sites for hydroxylation is 1. The molecule has 0 amide bonds. The van der Waals surface area contributed by atoms with Crippen molar-refractivity contribution in [2.24, 2.45) is 5.92 Å². The van der Waals surface area contributed by atoms with Crippen LogP contribution in [0.1, 0.15) is 35.6 Å². The smallest absolute Gasteiger partial charge is 0.0911 e. The molecule has 1 heteroatoms. The van der Waals surface area contributed by atoms with Crippen LogP contribution in [-0.2, 0) is 11.2 Å². The van der Waals surface area contributed by atoms with E-state index in [0.717, 1.165) is 25.2 Å². The molecule has 0 radical (unpaired) electrons. The molecule has 1 heterocycles. The molecular formula is C16H22O. The number of allylic oxidation sites excluding steroid dienone is 2. The number of hydrogen-bond acceptors (Lipinski definition) is 1. The zero-order chi connectivity index (χ0) is 12.4. The van der Waals surface area contributed by atoms with Crippen molar-refractivity contribution >= 4 is 0 Å². The van der Waals surface area contributed by atoms with Crippen molar-refractivity contribution in [3.8, 4) is 0 Å². The highest BCUT2D eigenvalue weighted by Gasteiger charge is 2.15. The Morgan fingerprint density at radius 3 is 2.53 bits per heavy atom. The maximum Gasteiger partial charge on any atom is 0.0911 e. The summed E-state index contributed by atoms with van der Waals surface area (Å²) in [6, 6.07) is 4.52. The van der Waals surface area contributed by atoms with Gasteiger partial charge in [0, 0.05) is 5.92 Å². The third-order valence-corrected chi connectivity index (χ3v) is 3.96. The van der Waals surface area contributed by atoms with Crippen LogP contribution in [0.15, 0.2) is 24.0 Å². The van der Waals surface area contributed by atoms with Crippen molar-refractivity contribution < 1.29 is 4.74 Å². The van der Waals surface area contributed by atoms with Crippen molar-refractivity contribution in [2.45, 2.75) is 40.5 Å². The Morgan fingerprint density at radius 1 is 1.12 bits per heavy atom. The molecule has 2 rings (SSSR count). The third kappa shape index (κ3) is 2.71. The summed E-state index contributed by atoms with van der Waals surface area (Å²) in [5.41, 5.74) is 5.76. The first-order chi connectivity index (χ1) is 8.08. The minimum atomic E-state index is 0.638. The highest BCUT2D eigenvalue weighted by atomic mass is 16.5. The number of hydrogen-bond donors (Lipinski definition) is 0. The minimum absolute atomic E-state index is 0.638. The quantitative estimate of drug-likeness (QED) is 0.743. The Hall–Kier alpha value is -1.24. The fraction of sp³-hybridized carbons (Fsp3) is 0.500. The van der Waals surface area contributed by atoms with Gasteiger partial charge in [-0.3, -0.25) is 0 Å². The SMILES string of the molecule is CC1=CCC(Cc2ccc(C)c(C)c2C)CO1. The Labute approximate surface area is 104 Å². The van der Waals surface area contributed by atoms with E-state index in [1.807, 2.05) is 6.92 Å². The van der Waals surface area contributed by atoms with E-state index in [-0.39, 0.29) is 0 Å². The minimum Gasteiger partial charge on any atom is -0.498 e. The maximum absolute atomic E-state index is 5.62. The van der Waals surface area contributed by atoms with Crippen LogP contribution < -0.4 is 0 Å². The first-order valence-electron chi connectivity index (χ1n) is 6.43. The molecule has 0 aliphatic carbocycles. The van der Waals surface area contributed by atoms with Gasteiger partial charge in [-0.25, -0.2) is 0 Å². The summed E-state index contributed by atoms with van der Waals surface area (Å²) in [6.45, 7) is 9.55. The first kappa shape index (κ1) is 12.2. The van der Waals surface area contributed by atoms with Crippen molar-refractivity contribution in [3.05, 3.63) is 46.2 Å². The van der Waals surface area contributed by atoms with Gasteiger partial charge in [-0.1, -0.05) is 12.1 Å². The van der Waals surface area contributed by atoms with Gasteiger partial charge in [0.05, 0.1) is 12.4 Å². The molecule has 1 aromatic rings. The molecule has 0 aromatic heterocycles. The lowest BCUT2D eigenvalue weighted by atomic mass is 9.90. The molecule has 1 aromatic carbocycles. The van der Waals surface area contributed by atoms with E-state index in [1.54, 1.807) is 0 Å². The Morgan fingerprint density at radius 2 is 1.88 bits per heavy atom. The van der Waals surface area contributed by atoms with E-state index >= 15 is 0 Å². The van der Waals surface area contributed by atoms with E-state index in [1.165, 1.54) is 22.3 Å². The number of rotatable bonds is 2. The molecular weight excluding hydrogens is 208 g/mol. The molecule has 0 bridgehead atoms. The predicted octanol–water partition coefficient (Wildman–Crippen LogP) is 4.09. The third-order valence-electron chi connectivity index (χ3n) is 3.96. The van der Waals surface area contributed by atoms with Crippen molar-refractivity contribution in [2.75, 3.05) is 6.61 Å². The Bertz CT molecular complexity index is 443. The zero-order valence-corrected chi connectivity index (χ0v) is 11.3. The van der Waals surface area contributed by atoms with Crippen LogP contribution in [0.2, 0.25) is 0 Å². The van der Waals surface area contributed by atoms with E-state index in [4.69, 9.17) is 4.74 Å². The predicted molar refractivity (Wildman–Crippen MR) is 72.2 cm³/mol. The fourth-order valence-electron chi connectivity index (χ4n) is 2.40. The molecule has 17 heavy (non-hydrogen) atoms. The van der Waals surface area contributed by atoms with Gasteiger partial charge < -0.3 is 4.74 Å². The number of benzene rings is 1. The van der Waals surface area contributed by atoms with Crippen LogP contribution in [-0.4, -0.2) is 6.61 Å². The van der Waals surface area contributed by atoms with E-state index in [9.17, 15) is 0 Å². The van der Waals surface area contributed by atoms with Crippen LogP contribution in [0.4, 0.5) is 0 Å². The standard InChI is InChI=1S/C16H22O/c1-11-5-8-16(14(4)13(11)3)9-15-7-6-12(2)17-10-15/h5-6,8,15H,7,9-10H2,1-4H3. The lowest BCUT2D eigenvalue weighted by Gasteiger charge is -2.22. The van der Waals surface area contributed by atoms with Crippen LogP contribution >= 0.6 is 0 Å². The van der Waals surface area contributed by atoms with Gasteiger partial charge in [-0.2, -0.15) is 0 Å². The van der Waals surface area contributed by atoms with Gasteiger partial charge >= 0.3 is 0 Å². The average Bonchev–Trinajstić information content (AvgIpc) is 2.33. The van der Waals surface area contributed by atoms with Crippen molar-refractivity contribution in [1.29, 1.82) is 0 Å². The highest BCUT2D eigenvalue weighted by molar-refractivity contribution is 5.39. The molecule has 0 fully saturated rings. The van der Waals surface area contributed by atoms with Crippen molar-refractivity contribution in [1.82, 2.24) is 0 Å². The molecule has 92 valence electrons. The van der Waals surface area contributed by atoms with Gasteiger partial charge in [-0.05, 0) is 68.9 Å². The topological polar surface area (TPSA) is 9.23 Å². The lowest BCUT2D eigenvalue weighted by Crippen LogP contribution is -2.16. The largest absolute Gasteiger partial charge is 0.498 e. The van der Waals surface area contributed by atoms with Crippen LogP contribution in [0.25, 0.3) is 0 Å². The monoisotopic (exact) mass is 230 g/mol.